The molecule has 7 nitrogen and oxygen atoms in total. The van der Waals surface area contributed by atoms with Crippen molar-refractivity contribution in [3.63, 3.8) is 0 Å². The highest BCUT2D eigenvalue weighted by Gasteiger charge is 2.21. The van der Waals surface area contributed by atoms with E-state index in [0.29, 0.717) is 24.5 Å². The zero-order valence-electron chi connectivity index (χ0n) is 15.7. The normalized spacial score (nSPS) is 10.8. The van der Waals surface area contributed by atoms with E-state index in [0.717, 1.165) is 10.9 Å². The Balaban J connectivity index is 1.70. The Kier molecular flexibility index (Phi) is 5.49. The molecule has 140 valence electrons. The third-order valence-corrected chi connectivity index (χ3v) is 4.33. The lowest BCUT2D eigenvalue weighted by Gasteiger charge is -2.16. The molecule has 0 atom stereocenters. The van der Waals surface area contributed by atoms with Crippen LogP contribution >= 0.6 is 0 Å². The van der Waals surface area contributed by atoms with Gasteiger partial charge in [-0.1, -0.05) is 24.3 Å². The number of amides is 2. The van der Waals surface area contributed by atoms with Crippen molar-refractivity contribution in [1.82, 2.24) is 20.2 Å². The zero-order valence-corrected chi connectivity index (χ0v) is 15.7. The van der Waals surface area contributed by atoms with E-state index in [2.05, 4.69) is 15.3 Å². The first-order chi connectivity index (χ1) is 13.0. The molecular weight excluding hydrogens is 344 g/mol. The molecule has 0 aliphatic carbocycles. The molecule has 3 aromatic rings. The number of pyridine rings is 1. The smallest absolute Gasteiger partial charge is 0.276 e. The molecule has 0 bridgehead atoms. The SMILES string of the molecule is CCN(CC)C(=O)c1nc(CNC(=O)c2ccc3ccccc3n2)oc1C. The minimum Gasteiger partial charge on any atom is -0.443 e. The van der Waals surface area contributed by atoms with Gasteiger partial charge < -0.3 is 14.6 Å². The molecule has 0 aliphatic rings. The van der Waals surface area contributed by atoms with Crippen LogP contribution in [0.15, 0.2) is 40.8 Å². The van der Waals surface area contributed by atoms with E-state index in [1.807, 2.05) is 44.2 Å². The van der Waals surface area contributed by atoms with E-state index in [1.54, 1.807) is 17.9 Å². The van der Waals surface area contributed by atoms with Gasteiger partial charge in [-0.3, -0.25) is 9.59 Å². The lowest BCUT2D eigenvalue weighted by Crippen LogP contribution is -2.31. The van der Waals surface area contributed by atoms with Crippen LogP contribution in [-0.2, 0) is 6.54 Å². The summed E-state index contributed by atoms with van der Waals surface area (Å²) in [6.45, 7) is 6.80. The van der Waals surface area contributed by atoms with Gasteiger partial charge in [-0.2, -0.15) is 0 Å². The summed E-state index contributed by atoms with van der Waals surface area (Å²) in [6.07, 6.45) is 0. The number of aryl methyl sites for hydroxylation is 1. The Morgan fingerprint density at radius 1 is 1.07 bits per heavy atom. The van der Waals surface area contributed by atoms with Crippen molar-refractivity contribution >= 4 is 22.7 Å². The predicted molar refractivity (Wildman–Crippen MR) is 101 cm³/mol. The van der Waals surface area contributed by atoms with Gasteiger partial charge in [-0.15, -0.1) is 0 Å². The Bertz CT molecular complexity index is 976. The Labute approximate surface area is 157 Å². The van der Waals surface area contributed by atoms with Gasteiger partial charge >= 0.3 is 0 Å². The van der Waals surface area contributed by atoms with Gasteiger partial charge in [0.05, 0.1) is 12.1 Å². The van der Waals surface area contributed by atoms with Crippen LogP contribution in [0.4, 0.5) is 0 Å². The standard InChI is InChI=1S/C20H22N4O3/c1-4-24(5-2)20(26)18-13(3)27-17(23-18)12-21-19(25)16-11-10-14-8-6-7-9-15(14)22-16/h6-11H,4-5,12H2,1-3H3,(H,21,25). The predicted octanol–water partition coefficient (Wildman–Crippen LogP) is 2.94. The van der Waals surface area contributed by atoms with Crippen molar-refractivity contribution in [3.05, 3.63) is 59.4 Å². The molecule has 0 unspecified atom stereocenters. The minimum absolute atomic E-state index is 0.0830. The molecule has 0 spiro atoms. The lowest BCUT2D eigenvalue weighted by molar-refractivity contribution is 0.0766. The molecular formula is C20H22N4O3. The van der Waals surface area contributed by atoms with Crippen molar-refractivity contribution in [1.29, 1.82) is 0 Å². The number of rotatable bonds is 6. The van der Waals surface area contributed by atoms with Gasteiger partial charge in [0.1, 0.15) is 11.5 Å². The zero-order chi connectivity index (χ0) is 19.4. The van der Waals surface area contributed by atoms with Crippen molar-refractivity contribution < 1.29 is 14.0 Å². The van der Waals surface area contributed by atoms with Gasteiger partial charge in [0, 0.05) is 18.5 Å². The van der Waals surface area contributed by atoms with Crippen molar-refractivity contribution in [2.75, 3.05) is 13.1 Å². The molecule has 0 saturated carbocycles. The third kappa shape index (κ3) is 3.97. The van der Waals surface area contributed by atoms with Crippen LogP contribution in [0.2, 0.25) is 0 Å². The fourth-order valence-corrected chi connectivity index (χ4v) is 2.82. The van der Waals surface area contributed by atoms with Crippen LogP contribution in [-0.4, -0.2) is 39.8 Å². The molecule has 0 saturated heterocycles. The number of hydrogen-bond donors (Lipinski definition) is 1. The topological polar surface area (TPSA) is 88.3 Å². The van der Waals surface area contributed by atoms with Gasteiger partial charge in [0.2, 0.25) is 5.89 Å². The first-order valence-electron chi connectivity index (χ1n) is 8.93. The summed E-state index contributed by atoms with van der Waals surface area (Å²) in [6, 6.07) is 11.1. The van der Waals surface area contributed by atoms with Crippen LogP contribution < -0.4 is 5.32 Å². The highest BCUT2D eigenvalue weighted by atomic mass is 16.4. The molecule has 1 N–H and O–H groups in total. The summed E-state index contributed by atoms with van der Waals surface area (Å²) in [4.78, 5) is 35.1. The summed E-state index contributed by atoms with van der Waals surface area (Å²) in [5.41, 5.74) is 1.35. The molecule has 0 radical (unpaired) electrons. The number of fused-ring (bicyclic) bond motifs is 1. The summed E-state index contributed by atoms with van der Waals surface area (Å²) in [7, 11) is 0. The van der Waals surface area contributed by atoms with E-state index in [4.69, 9.17) is 4.42 Å². The quantitative estimate of drug-likeness (QED) is 0.725. The van der Waals surface area contributed by atoms with Crippen molar-refractivity contribution in [3.8, 4) is 0 Å². The van der Waals surface area contributed by atoms with Gasteiger partial charge in [0.15, 0.2) is 5.69 Å². The fraction of sp³-hybridized carbons (Fsp3) is 0.300. The van der Waals surface area contributed by atoms with Crippen molar-refractivity contribution in [2.45, 2.75) is 27.3 Å². The van der Waals surface area contributed by atoms with E-state index in [-0.39, 0.29) is 29.9 Å². The van der Waals surface area contributed by atoms with Crippen LogP contribution in [0.25, 0.3) is 10.9 Å². The Morgan fingerprint density at radius 2 is 1.81 bits per heavy atom. The number of nitrogens with zero attached hydrogens (tertiary/aromatic N) is 3. The molecule has 2 aromatic heterocycles. The van der Waals surface area contributed by atoms with Gasteiger partial charge in [0.25, 0.3) is 11.8 Å². The fourth-order valence-electron chi connectivity index (χ4n) is 2.82. The van der Waals surface area contributed by atoms with Gasteiger partial charge in [-0.05, 0) is 32.9 Å². The molecule has 0 fully saturated rings. The maximum atomic E-state index is 12.4. The number of hydrogen-bond acceptors (Lipinski definition) is 5. The average Bonchev–Trinajstić information content (AvgIpc) is 3.07. The molecule has 7 heteroatoms. The van der Waals surface area contributed by atoms with Gasteiger partial charge in [-0.25, -0.2) is 9.97 Å². The molecule has 3 rings (SSSR count). The number of carbonyl (C=O) groups excluding carboxylic acids is 2. The first kappa shape index (κ1) is 18.6. The monoisotopic (exact) mass is 366 g/mol. The van der Waals surface area contributed by atoms with E-state index in [9.17, 15) is 9.59 Å². The Morgan fingerprint density at radius 3 is 2.56 bits per heavy atom. The summed E-state index contributed by atoms with van der Waals surface area (Å²) in [5, 5.41) is 3.70. The highest BCUT2D eigenvalue weighted by molar-refractivity contribution is 5.95. The van der Waals surface area contributed by atoms with Crippen LogP contribution in [0, 0.1) is 6.92 Å². The molecule has 1 aromatic carbocycles. The van der Waals surface area contributed by atoms with Crippen LogP contribution in [0.5, 0.6) is 0 Å². The van der Waals surface area contributed by atoms with Crippen molar-refractivity contribution in [2.24, 2.45) is 0 Å². The second kappa shape index (κ2) is 7.99. The second-order valence-corrected chi connectivity index (χ2v) is 6.06. The number of oxazole rings is 1. The van der Waals surface area contributed by atoms with Crippen LogP contribution in [0.1, 0.15) is 46.5 Å². The van der Waals surface area contributed by atoms with Crippen LogP contribution in [0.3, 0.4) is 0 Å². The molecule has 2 heterocycles. The van der Waals surface area contributed by atoms with E-state index in [1.165, 1.54) is 0 Å². The minimum atomic E-state index is -0.326. The third-order valence-electron chi connectivity index (χ3n) is 4.33. The van der Waals surface area contributed by atoms with E-state index >= 15 is 0 Å². The largest absolute Gasteiger partial charge is 0.443 e. The maximum Gasteiger partial charge on any atom is 0.276 e. The number of benzene rings is 1. The lowest BCUT2D eigenvalue weighted by atomic mass is 10.2. The molecule has 27 heavy (non-hydrogen) atoms. The molecule has 0 aliphatic heterocycles. The summed E-state index contributed by atoms with van der Waals surface area (Å²) in [5.74, 6) is 0.236. The number of carbonyl (C=O) groups is 2. The molecule has 2 amide bonds. The summed E-state index contributed by atoms with van der Waals surface area (Å²) < 4.78 is 5.54. The highest BCUT2D eigenvalue weighted by Crippen LogP contribution is 2.14. The van der Waals surface area contributed by atoms with E-state index < -0.39 is 0 Å². The number of aromatic nitrogens is 2. The average molecular weight is 366 g/mol. The number of nitrogens with one attached hydrogen (secondary N) is 1. The summed E-state index contributed by atoms with van der Waals surface area (Å²) >= 11 is 0. The maximum absolute atomic E-state index is 12.4. The first-order valence-corrected chi connectivity index (χ1v) is 8.93. The second-order valence-electron chi connectivity index (χ2n) is 6.06. The Hall–Kier alpha value is -3.22. The number of para-hydroxylation sites is 1.